The number of rotatable bonds is 6. The Balaban J connectivity index is 1.92. The van der Waals surface area contributed by atoms with Crippen LogP contribution in [0.25, 0.3) is 0 Å². The topological polar surface area (TPSA) is 59.6 Å². The Morgan fingerprint density at radius 1 is 1.08 bits per heavy atom. The Bertz CT molecular complexity index is 684. The molecule has 0 aliphatic carbocycles. The maximum absolute atomic E-state index is 12.1. The Hall–Kier alpha value is -2.69. The minimum atomic E-state index is -0.220. The molecule has 0 radical (unpaired) electrons. The average molecular weight is 328 g/mol. The van der Waals surface area contributed by atoms with E-state index in [4.69, 9.17) is 9.47 Å². The minimum absolute atomic E-state index is 0.157. The summed E-state index contributed by atoms with van der Waals surface area (Å²) in [5, 5.41) is 5.79. The average Bonchev–Trinajstić information content (AvgIpc) is 2.60. The fraction of sp³-hybridized carbons (Fsp3) is 0.316. The lowest BCUT2D eigenvalue weighted by atomic mass is 10.0. The van der Waals surface area contributed by atoms with E-state index in [2.05, 4.69) is 10.6 Å². The predicted molar refractivity (Wildman–Crippen MR) is 94.5 cm³/mol. The van der Waals surface area contributed by atoms with Gasteiger partial charge in [0.15, 0.2) is 0 Å². The van der Waals surface area contributed by atoms with Crippen LogP contribution in [0.4, 0.5) is 4.79 Å². The van der Waals surface area contributed by atoms with Gasteiger partial charge in [0.25, 0.3) is 0 Å². The van der Waals surface area contributed by atoms with Crippen molar-refractivity contribution in [3.63, 3.8) is 0 Å². The van der Waals surface area contributed by atoms with Crippen molar-refractivity contribution in [2.45, 2.75) is 26.4 Å². The Morgan fingerprint density at radius 3 is 2.42 bits per heavy atom. The fourth-order valence-electron chi connectivity index (χ4n) is 2.44. The van der Waals surface area contributed by atoms with Crippen LogP contribution in [0, 0.1) is 6.92 Å². The van der Waals surface area contributed by atoms with Gasteiger partial charge in [-0.2, -0.15) is 0 Å². The van der Waals surface area contributed by atoms with Gasteiger partial charge in [0.2, 0.25) is 0 Å². The first-order valence-corrected chi connectivity index (χ1v) is 7.85. The van der Waals surface area contributed by atoms with E-state index in [9.17, 15) is 4.79 Å². The number of ether oxygens (including phenoxy) is 2. The summed E-state index contributed by atoms with van der Waals surface area (Å²) in [7, 11) is 3.26. The Labute approximate surface area is 143 Å². The summed E-state index contributed by atoms with van der Waals surface area (Å²) in [6, 6.07) is 13.1. The molecule has 0 spiro atoms. The summed E-state index contributed by atoms with van der Waals surface area (Å²) >= 11 is 0. The van der Waals surface area contributed by atoms with Gasteiger partial charge in [-0.3, -0.25) is 0 Å². The molecule has 5 nitrogen and oxygen atoms in total. The van der Waals surface area contributed by atoms with Crippen molar-refractivity contribution in [3.8, 4) is 11.5 Å². The maximum Gasteiger partial charge on any atom is 0.315 e. The van der Waals surface area contributed by atoms with Gasteiger partial charge in [-0.25, -0.2) is 4.79 Å². The van der Waals surface area contributed by atoms with Crippen LogP contribution in [-0.4, -0.2) is 20.3 Å². The van der Waals surface area contributed by atoms with E-state index < -0.39 is 0 Å². The first kappa shape index (κ1) is 17.7. The van der Waals surface area contributed by atoms with Crippen LogP contribution in [0.2, 0.25) is 0 Å². The molecule has 2 aromatic carbocycles. The molecular weight excluding hydrogens is 304 g/mol. The van der Waals surface area contributed by atoms with Gasteiger partial charge in [0, 0.05) is 12.1 Å². The van der Waals surface area contributed by atoms with Crippen molar-refractivity contribution in [1.29, 1.82) is 0 Å². The number of urea groups is 1. The SMILES string of the molecule is COc1ccc(CNC(=O)NC(C)c2cc(C)ccc2OC)cc1. The lowest BCUT2D eigenvalue weighted by molar-refractivity contribution is 0.237. The van der Waals surface area contributed by atoms with Crippen molar-refractivity contribution >= 4 is 6.03 Å². The van der Waals surface area contributed by atoms with Crippen LogP contribution in [0.1, 0.15) is 29.7 Å². The largest absolute Gasteiger partial charge is 0.497 e. The van der Waals surface area contributed by atoms with Crippen LogP contribution in [-0.2, 0) is 6.54 Å². The second-order valence-electron chi connectivity index (χ2n) is 5.64. The lowest BCUT2D eigenvalue weighted by Crippen LogP contribution is -2.36. The van der Waals surface area contributed by atoms with E-state index >= 15 is 0 Å². The molecule has 0 aromatic heterocycles. The molecule has 0 aliphatic heterocycles. The van der Waals surface area contributed by atoms with Gasteiger partial charge in [-0.15, -0.1) is 0 Å². The standard InChI is InChI=1S/C19H24N2O3/c1-13-5-10-18(24-4)17(11-13)14(2)21-19(22)20-12-15-6-8-16(23-3)9-7-15/h5-11,14H,12H2,1-4H3,(H2,20,21,22). The maximum atomic E-state index is 12.1. The minimum Gasteiger partial charge on any atom is -0.497 e. The van der Waals surface area contributed by atoms with Gasteiger partial charge < -0.3 is 20.1 Å². The third kappa shape index (κ3) is 4.65. The van der Waals surface area contributed by atoms with Crippen LogP contribution in [0.15, 0.2) is 42.5 Å². The zero-order valence-corrected chi connectivity index (χ0v) is 14.6. The Morgan fingerprint density at radius 2 is 1.79 bits per heavy atom. The lowest BCUT2D eigenvalue weighted by Gasteiger charge is -2.18. The zero-order chi connectivity index (χ0) is 17.5. The zero-order valence-electron chi connectivity index (χ0n) is 14.6. The molecule has 2 aromatic rings. The molecule has 1 atom stereocenters. The first-order chi connectivity index (χ1) is 11.5. The molecule has 0 heterocycles. The third-order valence-electron chi connectivity index (χ3n) is 3.81. The van der Waals surface area contributed by atoms with Gasteiger partial charge >= 0.3 is 6.03 Å². The highest BCUT2D eigenvalue weighted by Gasteiger charge is 2.14. The van der Waals surface area contributed by atoms with Gasteiger partial charge in [0.05, 0.1) is 20.3 Å². The first-order valence-electron chi connectivity index (χ1n) is 7.85. The van der Waals surface area contributed by atoms with Gasteiger partial charge in [-0.05, 0) is 37.6 Å². The van der Waals surface area contributed by atoms with Crippen LogP contribution >= 0.6 is 0 Å². The normalized spacial score (nSPS) is 11.5. The van der Waals surface area contributed by atoms with Crippen molar-refractivity contribution < 1.29 is 14.3 Å². The number of nitrogens with one attached hydrogen (secondary N) is 2. The highest BCUT2D eigenvalue weighted by Crippen LogP contribution is 2.25. The fourth-order valence-corrected chi connectivity index (χ4v) is 2.44. The number of hydrogen-bond acceptors (Lipinski definition) is 3. The number of hydrogen-bond donors (Lipinski definition) is 2. The summed E-state index contributed by atoms with van der Waals surface area (Å²) in [5.41, 5.74) is 3.09. The molecule has 0 fully saturated rings. The summed E-state index contributed by atoms with van der Waals surface area (Å²) < 4.78 is 10.5. The van der Waals surface area contributed by atoms with E-state index in [0.717, 1.165) is 28.2 Å². The smallest absolute Gasteiger partial charge is 0.315 e. The van der Waals surface area contributed by atoms with E-state index in [0.29, 0.717) is 6.54 Å². The highest BCUT2D eigenvalue weighted by atomic mass is 16.5. The highest BCUT2D eigenvalue weighted by molar-refractivity contribution is 5.74. The predicted octanol–water partition coefficient (Wildman–Crippen LogP) is 3.57. The summed E-state index contributed by atoms with van der Waals surface area (Å²) in [5.74, 6) is 1.56. The molecule has 0 aliphatic rings. The number of aryl methyl sites for hydroxylation is 1. The van der Waals surface area contributed by atoms with Crippen molar-refractivity contribution in [3.05, 3.63) is 59.2 Å². The summed E-state index contributed by atoms with van der Waals surface area (Å²) in [6.45, 7) is 4.40. The Kier molecular flexibility index (Phi) is 6.07. The summed E-state index contributed by atoms with van der Waals surface area (Å²) in [4.78, 5) is 12.1. The number of benzene rings is 2. The molecule has 2 N–H and O–H groups in total. The molecule has 0 bridgehead atoms. The number of methoxy groups -OCH3 is 2. The third-order valence-corrected chi connectivity index (χ3v) is 3.81. The monoisotopic (exact) mass is 328 g/mol. The molecule has 5 heteroatoms. The molecule has 128 valence electrons. The van der Waals surface area contributed by atoms with Crippen LogP contribution in [0.3, 0.4) is 0 Å². The number of carbonyl (C=O) groups is 1. The van der Waals surface area contributed by atoms with Crippen molar-refractivity contribution in [2.24, 2.45) is 0 Å². The van der Waals surface area contributed by atoms with Crippen molar-refractivity contribution in [1.82, 2.24) is 10.6 Å². The second-order valence-corrected chi connectivity index (χ2v) is 5.64. The quantitative estimate of drug-likeness (QED) is 0.852. The van der Waals surface area contributed by atoms with Gasteiger partial charge in [0.1, 0.15) is 11.5 Å². The molecule has 1 unspecified atom stereocenters. The van der Waals surface area contributed by atoms with E-state index in [-0.39, 0.29) is 12.1 Å². The second kappa shape index (κ2) is 8.24. The molecule has 0 saturated heterocycles. The molecule has 2 rings (SSSR count). The van der Waals surface area contributed by atoms with Crippen LogP contribution in [0.5, 0.6) is 11.5 Å². The molecule has 0 saturated carbocycles. The molecular formula is C19H24N2O3. The number of carbonyl (C=O) groups excluding carboxylic acids is 1. The summed E-state index contributed by atoms with van der Waals surface area (Å²) in [6.07, 6.45) is 0. The molecule has 2 amide bonds. The van der Waals surface area contributed by atoms with Crippen molar-refractivity contribution in [2.75, 3.05) is 14.2 Å². The molecule has 24 heavy (non-hydrogen) atoms. The van der Waals surface area contributed by atoms with E-state index in [1.807, 2.05) is 56.3 Å². The van der Waals surface area contributed by atoms with E-state index in [1.54, 1.807) is 14.2 Å². The van der Waals surface area contributed by atoms with Gasteiger partial charge in [-0.1, -0.05) is 29.8 Å². The van der Waals surface area contributed by atoms with Crippen LogP contribution < -0.4 is 20.1 Å². The van der Waals surface area contributed by atoms with E-state index in [1.165, 1.54) is 0 Å². The number of amides is 2.